The summed E-state index contributed by atoms with van der Waals surface area (Å²) in [5.74, 6) is -0.612. The molecule has 0 saturated carbocycles. The van der Waals surface area contributed by atoms with Crippen LogP contribution in [0.1, 0.15) is 39.7 Å². The molecule has 1 saturated heterocycles. The molecule has 11 nitrogen and oxygen atoms in total. The minimum Gasteiger partial charge on any atom is -0.444 e. The fourth-order valence-electron chi connectivity index (χ4n) is 3.96. The van der Waals surface area contributed by atoms with Crippen molar-refractivity contribution >= 4 is 38.6 Å². The zero-order valence-corrected chi connectivity index (χ0v) is 20.6. The average molecular weight is 507 g/mol. The van der Waals surface area contributed by atoms with Gasteiger partial charge >= 0.3 is 11.8 Å². The SMILES string of the molecule is CC(C)(C)OC(=O)N1CCC(n2c(=O)[nH]c3c(Nc4ccc(S(C)(=O)=O)cc4F)ncnc32)CC1. The number of anilines is 2. The molecule has 0 unspecified atom stereocenters. The zero-order chi connectivity index (χ0) is 25.5. The van der Waals surface area contributed by atoms with Crippen LogP contribution in [0.15, 0.2) is 34.2 Å². The first-order chi connectivity index (χ1) is 16.3. The monoisotopic (exact) mass is 506 g/mol. The predicted octanol–water partition coefficient (Wildman–Crippen LogP) is 2.98. The maximum Gasteiger partial charge on any atom is 0.410 e. The number of sulfone groups is 1. The number of hydrogen-bond donors (Lipinski definition) is 2. The number of hydrogen-bond acceptors (Lipinski definition) is 8. The largest absolute Gasteiger partial charge is 0.444 e. The fourth-order valence-corrected chi connectivity index (χ4v) is 4.59. The highest BCUT2D eigenvalue weighted by Gasteiger charge is 2.29. The van der Waals surface area contributed by atoms with Crippen LogP contribution >= 0.6 is 0 Å². The number of imidazole rings is 1. The first-order valence-corrected chi connectivity index (χ1v) is 12.9. The van der Waals surface area contributed by atoms with Gasteiger partial charge in [-0.05, 0) is 51.8 Å². The first kappa shape index (κ1) is 24.6. The number of ether oxygens (including phenoxy) is 1. The van der Waals surface area contributed by atoms with Crippen LogP contribution in [-0.2, 0) is 14.6 Å². The van der Waals surface area contributed by atoms with Gasteiger partial charge in [0.15, 0.2) is 21.3 Å². The molecule has 0 spiro atoms. The summed E-state index contributed by atoms with van der Waals surface area (Å²) in [5, 5.41) is 2.81. The van der Waals surface area contributed by atoms with Crippen molar-refractivity contribution in [2.75, 3.05) is 24.7 Å². The van der Waals surface area contributed by atoms with Crippen molar-refractivity contribution in [3.63, 3.8) is 0 Å². The van der Waals surface area contributed by atoms with Crippen LogP contribution in [0.25, 0.3) is 11.2 Å². The van der Waals surface area contributed by atoms with Crippen molar-refractivity contribution < 1.29 is 22.3 Å². The second-order valence-electron chi connectivity index (χ2n) is 9.46. The first-order valence-electron chi connectivity index (χ1n) is 11.0. The third kappa shape index (κ3) is 5.29. The number of piperidine rings is 1. The summed E-state index contributed by atoms with van der Waals surface area (Å²) in [6.45, 7) is 6.26. The van der Waals surface area contributed by atoms with Gasteiger partial charge in [0.2, 0.25) is 0 Å². The molecule has 13 heteroatoms. The third-order valence-electron chi connectivity index (χ3n) is 5.61. The number of carbonyl (C=O) groups excluding carboxylic acids is 1. The van der Waals surface area contributed by atoms with Crippen LogP contribution in [0.4, 0.5) is 20.7 Å². The lowest BCUT2D eigenvalue weighted by molar-refractivity contribution is 0.0188. The van der Waals surface area contributed by atoms with Gasteiger partial charge in [-0.2, -0.15) is 0 Å². The Kier molecular flexibility index (Phi) is 6.30. The molecule has 3 aromatic rings. The molecule has 0 radical (unpaired) electrons. The van der Waals surface area contributed by atoms with E-state index in [0.29, 0.717) is 37.1 Å². The maximum atomic E-state index is 14.6. The topological polar surface area (TPSA) is 139 Å². The van der Waals surface area contributed by atoms with Crippen molar-refractivity contribution in [1.29, 1.82) is 0 Å². The highest BCUT2D eigenvalue weighted by atomic mass is 32.2. The number of H-pyrrole nitrogens is 1. The summed E-state index contributed by atoms with van der Waals surface area (Å²) >= 11 is 0. The number of carbonyl (C=O) groups is 1. The van der Waals surface area contributed by atoms with Crippen molar-refractivity contribution in [2.45, 2.75) is 50.2 Å². The normalized spacial score (nSPS) is 15.4. The van der Waals surface area contributed by atoms with E-state index in [4.69, 9.17) is 4.74 Å². The number of benzene rings is 1. The van der Waals surface area contributed by atoms with E-state index in [2.05, 4.69) is 20.3 Å². The molecule has 3 heterocycles. The van der Waals surface area contributed by atoms with Crippen LogP contribution in [0.5, 0.6) is 0 Å². The van der Waals surface area contributed by atoms with E-state index in [-0.39, 0.29) is 28.5 Å². The van der Waals surface area contributed by atoms with E-state index in [1.807, 2.05) is 0 Å². The molecule has 0 bridgehead atoms. The number of likely N-dealkylation sites (tertiary alicyclic amines) is 1. The van der Waals surface area contributed by atoms with Crippen LogP contribution in [0.3, 0.4) is 0 Å². The predicted molar refractivity (Wildman–Crippen MR) is 127 cm³/mol. The molecule has 1 aliphatic heterocycles. The van der Waals surface area contributed by atoms with E-state index >= 15 is 0 Å². The Hall–Kier alpha value is -3.48. The number of amides is 1. The number of aromatic nitrogens is 4. The Morgan fingerprint density at radius 1 is 1.23 bits per heavy atom. The molecule has 1 fully saturated rings. The number of nitrogens with zero attached hydrogens (tertiary/aromatic N) is 4. The minimum absolute atomic E-state index is 0.00309. The molecule has 1 aliphatic rings. The summed E-state index contributed by atoms with van der Waals surface area (Å²) in [7, 11) is -3.56. The van der Waals surface area contributed by atoms with Gasteiger partial charge < -0.3 is 19.9 Å². The second-order valence-corrected chi connectivity index (χ2v) is 11.5. The molecule has 1 amide bonds. The summed E-state index contributed by atoms with van der Waals surface area (Å²) in [5.41, 5.74) is -0.356. The van der Waals surface area contributed by atoms with E-state index < -0.39 is 26.9 Å². The Labute approximate surface area is 201 Å². The highest BCUT2D eigenvalue weighted by molar-refractivity contribution is 7.90. The molecule has 1 aromatic carbocycles. The van der Waals surface area contributed by atoms with Gasteiger partial charge in [-0.25, -0.2) is 32.4 Å². The summed E-state index contributed by atoms with van der Waals surface area (Å²) < 4.78 is 44.8. The average Bonchev–Trinajstić information content (AvgIpc) is 3.10. The zero-order valence-electron chi connectivity index (χ0n) is 19.8. The van der Waals surface area contributed by atoms with Crippen molar-refractivity contribution in [3.8, 4) is 0 Å². The molecule has 0 aliphatic carbocycles. The van der Waals surface area contributed by atoms with Gasteiger partial charge in [-0.1, -0.05) is 0 Å². The lowest BCUT2D eigenvalue weighted by atomic mass is 10.1. The van der Waals surface area contributed by atoms with Gasteiger partial charge in [0.25, 0.3) is 0 Å². The van der Waals surface area contributed by atoms with Crippen molar-refractivity contribution in [3.05, 3.63) is 40.8 Å². The number of aromatic amines is 1. The summed E-state index contributed by atoms with van der Waals surface area (Å²) in [4.78, 5) is 37.8. The molecule has 0 atom stereocenters. The van der Waals surface area contributed by atoms with Gasteiger partial charge in [-0.15, -0.1) is 0 Å². The molecular weight excluding hydrogens is 479 g/mol. The van der Waals surface area contributed by atoms with Crippen molar-refractivity contribution in [2.24, 2.45) is 0 Å². The van der Waals surface area contributed by atoms with Gasteiger partial charge in [0.1, 0.15) is 23.3 Å². The number of fused-ring (bicyclic) bond motifs is 1. The van der Waals surface area contributed by atoms with Crippen LogP contribution < -0.4 is 11.0 Å². The standard InChI is InChI=1S/C22H27FN6O5S/c1-22(2,3)34-21(31)28-9-7-13(8-10-28)29-19-17(27-20(29)30)18(24-12-25-19)26-16-6-5-14(11-15(16)23)35(4,32)33/h5-6,11-13H,7-10H2,1-4H3,(H,27,30)(H,24,25,26). The van der Waals surface area contributed by atoms with Crippen LogP contribution in [0, 0.1) is 5.82 Å². The van der Waals surface area contributed by atoms with E-state index in [0.717, 1.165) is 12.3 Å². The molecule has 2 N–H and O–H groups in total. The summed E-state index contributed by atoms with van der Waals surface area (Å²) in [6.07, 6.45) is 2.92. The number of halogens is 1. The van der Waals surface area contributed by atoms with Crippen LogP contribution in [-0.4, -0.2) is 63.9 Å². The maximum absolute atomic E-state index is 14.6. The minimum atomic E-state index is -3.56. The van der Waals surface area contributed by atoms with Gasteiger partial charge in [0.05, 0.1) is 10.6 Å². The Balaban J connectivity index is 1.57. The lowest BCUT2D eigenvalue weighted by Gasteiger charge is -2.33. The van der Waals surface area contributed by atoms with E-state index in [1.165, 1.54) is 23.0 Å². The fraction of sp³-hybridized carbons (Fsp3) is 0.455. The molecule has 35 heavy (non-hydrogen) atoms. The highest BCUT2D eigenvalue weighted by Crippen LogP contribution is 2.28. The van der Waals surface area contributed by atoms with E-state index in [1.54, 1.807) is 25.7 Å². The van der Waals surface area contributed by atoms with Gasteiger partial charge in [-0.3, -0.25) is 4.57 Å². The Morgan fingerprint density at radius 2 is 1.91 bits per heavy atom. The van der Waals surface area contributed by atoms with E-state index in [9.17, 15) is 22.4 Å². The second kappa shape index (κ2) is 8.95. The Bertz CT molecular complexity index is 1430. The Morgan fingerprint density at radius 3 is 2.51 bits per heavy atom. The third-order valence-corrected chi connectivity index (χ3v) is 6.72. The summed E-state index contributed by atoms with van der Waals surface area (Å²) in [6, 6.07) is 3.29. The quantitative estimate of drug-likeness (QED) is 0.551. The van der Waals surface area contributed by atoms with Crippen molar-refractivity contribution in [1.82, 2.24) is 24.4 Å². The van der Waals surface area contributed by atoms with Gasteiger partial charge in [0, 0.05) is 25.4 Å². The number of rotatable bonds is 4. The molecule has 188 valence electrons. The number of nitrogens with one attached hydrogen (secondary N) is 2. The smallest absolute Gasteiger partial charge is 0.410 e. The van der Waals surface area contributed by atoms with Crippen LogP contribution in [0.2, 0.25) is 0 Å². The lowest BCUT2D eigenvalue weighted by Crippen LogP contribution is -2.43. The molecule has 4 rings (SSSR count). The molecular formula is C22H27FN6O5S. The molecule has 2 aromatic heterocycles.